The number of aliphatic hydroxyl groups is 1. The van der Waals surface area contributed by atoms with Crippen LogP contribution in [-0.4, -0.2) is 42.3 Å². The number of carbonyl (C=O) groups is 1. The Morgan fingerprint density at radius 2 is 2.00 bits per heavy atom. The van der Waals surface area contributed by atoms with Gasteiger partial charge in [-0.05, 0) is 36.8 Å². The van der Waals surface area contributed by atoms with Crippen LogP contribution in [0.1, 0.15) is 12.0 Å². The van der Waals surface area contributed by atoms with E-state index in [9.17, 15) is 13.6 Å². The number of hydrogen-bond acceptors (Lipinski definition) is 3. The number of halogens is 2. The first kappa shape index (κ1) is 17.7. The molecule has 4 nitrogen and oxygen atoms in total. The fraction of sp³-hybridized carbons (Fsp3) is 0.500. The van der Waals surface area contributed by atoms with E-state index < -0.39 is 11.6 Å². The molecule has 118 valence electrons. The van der Waals surface area contributed by atoms with Crippen LogP contribution >= 0.6 is 11.8 Å². The van der Waals surface area contributed by atoms with Gasteiger partial charge in [0, 0.05) is 31.0 Å². The van der Waals surface area contributed by atoms with E-state index >= 15 is 0 Å². The molecule has 0 aliphatic rings. The highest BCUT2D eigenvalue weighted by Gasteiger charge is 2.10. The second-order valence-corrected chi connectivity index (χ2v) is 5.50. The van der Waals surface area contributed by atoms with E-state index in [1.807, 2.05) is 6.26 Å². The first-order chi connectivity index (χ1) is 10.0. The lowest BCUT2D eigenvalue weighted by molar-refractivity contribution is 0.231. The number of rotatable bonds is 8. The van der Waals surface area contributed by atoms with Crippen LogP contribution in [0.5, 0.6) is 0 Å². The summed E-state index contributed by atoms with van der Waals surface area (Å²) in [6, 6.07) is 2.84. The number of urea groups is 1. The lowest BCUT2D eigenvalue weighted by Gasteiger charge is -2.17. The second kappa shape index (κ2) is 9.57. The molecule has 2 amide bonds. The topological polar surface area (TPSA) is 61.4 Å². The van der Waals surface area contributed by atoms with Gasteiger partial charge < -0.3 is 15.7 Å². The third-order valence-electron chi connectivity index (χ3n) is 2.80. The summed E-state index contributed by atoms with van der Waals surface area (Å²) >= 11 is 1.58. The lowest BCUT2D eigenvalue weighted by Crippen LogP contribution is -2.44. The summed E-state index contributed by atoms with van der Waals surface area (Å²) in [6.07, 6.45) is 2.75. The number of nitrogens with one attached hydrogen (secondary N) is 2. The molecule has 0 radical (unpaired) electrons. The molecule has 0 saturated heterocycles. The summed E-state index contributed by atoms with van der Waals surface area (Å²) < 4.78 is 26.0. The van der Waals surface area contributed by atoms with Gasteiger partial charge in [-0.1, -0.05) is 0 Å². The zero-order valence-corrected chi connectivity index (χ0v) is 12.7. The number of thioether (sulfide) groups is 1. The van der Waals surface area contributed by atoms with Crippen LogP contribution in [0.2, 0.25) is 0 Å². The minimum atomic E-state index is -0.627. The van der Waals surface area contributed by atoms with Crippen molar-refractivity contribution in [3.8, 4) is 0 Å². The van der Waals surface area contributed by atoms with Gasteiger partial charge in [-0.3, -0.25) is 0 Å². The van der Waals surface area contributed by atoms with Crippen molar-refractivity contribution in [2.24, 2.45) is 0 Å². The van der Waals surface area contributed by atoms with Gasteiger partial charge >= 0.3 is 6.03 Å². The van der Waals surface area contributed by atoms with Crippen molar-refractivity contribution in [3.05, 3.63) is 35.4 Å². The Hall–Kier alpha value is -1.34. The van der Waals surface area contributed by atoms with Gasteiger partial charge in [-0.15, -0.1) is 0 Å². The Labute approximate surface area is 127 Å². The Bertz CT molecular complexity index is 434. The van der Waals surface area contributed by atoms with Crippen molar-refractivity contribution >= 4 is 17.8 Å². The molecule has 0 heterocycles. The largest absolute Gasteiger partial charge is 0.396 e. The number of amides is 2. The van der Waals surface area contributed by atoms with Gasteiger partial charge in [0.15, 0.2) is 0 Å². The summed E-state index contributed by atoms with van der Waals surface area (Å²) in [5.41, 5.74) is 0.490. The molecule has 0 aliphatic heterocycles. The molecule has 0 saturated carbocycles. The van der Waals surface area contributed by atoms with Crippen LogP contribution < -0.4 is 10.6 Å². The van der Waals surface area contributed by atoms with Gasteiger partial charge in [0.1, 0.15) is 11.6 Å². The van der Waals surface area contributed by atoms with Gasteiger partial charge in [0.25, 0.3) is 0 Å². The molecule has 3 N–H and O–H groups in total. The molecule has 1 aromatic rings. The smallest absolute Gasteiger partial charge is 0.315 e. The van der Waals surface area contributed by atoms with E-state index in [0.29, 0.717) is 24.2 Å². The fourth-order valence-corrected chi connectivity index (χ4v) is 2.52. The van der Waals surface area contributed by atoms with Crippen molar-refractivity contribution < 1.29 is 18.7 Å². The fourth-order valence-electron chi connectivity index (χ4n) is 1.87. The molecule has 0 bridgehead atoms. The number of carbonyl (C=O) groups excluding carboxylic acids is 1. The zero-order valence-electron chi connectivity index (χ0n) is 11.9. The molecular weight excluding hydrogens is 298 g/mol. The van der Waals surface area contributed by atoms with E-state index in [-0.39, 0.29) is 25.2 Å². The standard InChI is InChI=1S/C14H20F2N2O2S/c1-21-9-13(3-5-19)18-14(20)17-4-2-10-6-11(15)8-12(16)7-10/h6-8,13,19H,2-5,9H2,1H3,(H2,17,18,20). The van der Waals surface area contributed by atoms with Gasteiger partial charge in [0.2, 0.25) is 0 Å². The van der Waals surface area contributed by atoms with Gasteiger partial charge in [0.05, 0.1) is 0 Å². The predicted molar refractivity (Wildman–Crippen MR) is 80.5 cm³/mol. The first-order valence-electron chi connectivity index (χ1n) is 6.64. The molecule has 0 fully saturated rings. The van der Waals surface area contributed by atoms with Crippen LogP contribution in [0.4, 0.5) is 13.6 Å². The highest BCUT2D eigenvalue weighted by Crippen LogP contribution is 2.08. The highest BCUT2D eigenvalue weighted by atomic mass is 32.2. The van der Waals surface area contributed by atoms with Crippen molar-refractivity contribution in [3.63, 3.8) is 0 Å². The maximum absolute atomic E-state index is 13.0. The van der Waals surface area contributed by atoms with Gasteiger partial charge in [-0.25, -0.2) is 13.6 Å². The Morgan fingerprint density at radius 1 is 1.33 bits per heavy atom. The normalized spacial score (nSPS) is 12.0. The molecule has 0 aliphatic carbocycles. The summed E-state index contributed by atoms with van der Waals surface area (Å²) in [5, 5.41) is 14.3. The number of benzene rings is 1. The van der Waals surface area contributed by atoms with Crippen LogP contribution in [0, 0.1) is 11.6 Å². The maximum Gasteiger partial charge on any atom is 0.315 e. The molecule has 1 aromatic carbocycles. The van der Waals surface area contributed by atoms with E-state index in [4.69, 9.17) is 5.11 Å². The number of hydrogen-bond donors (Lipinski definition) is 3. The summed E-state index contributed by atoms with van der Waals surface area (Å²) in [7, 11) is 0. The molecule has 1 atom stereocenters. The van der Waals surface area contributed by atoms with Crippen LogP contribution in [-0.2, 0) is 6.42 Å². The molecular formula is C14H20F2N2O2S. The van der Waals surface area contributed by atoms with E-state index in [1.165, 1.54) is 12.1 Å². The zero-order chi connectivity index (χ0) is 15.7. The molecule has 21 heavy (non-hydrogen) atoms. The highest BCUT2D eigenvalue weighted by molar-refractivity contribution is 7.98. The van der Waals surface area contributed by atoms with Crippen LogP contribution in [0.25, 0.3) is 0 Å². The van der Waals surface area contributed by atoms with E-state index in [1.54, 1.807) is 11.8 Å². The monoisotopic (exact) mass is 318 g/mol. The Balaban J connectivity index is 2.35. The minimum absolute atomic E-state index is 0.00801. The van der Waals surface area contributed by atoms with Crippen molar-refractivity contribution in [1.29, 1.82) is 0 Å². The van der Waals surface area contributed by atoms with E-state index in [0.717, 1.165) is 6.07 Å². The first-order valence-corrected chi connectivity index (χ1v) is 8.03. The quantitative estimate of drug-likeness (QED) is 0.686. The molecule has 1 unspecified atom stereocenters. The molecule has 0 spiro atoms. The average Bonchev–Trinajstić information content (AvgIpc) is 2.38. The maximum atomic E-state index is 13.0. The summed E-state index contributed by atoms with van der Waals surface area (Å²) in [4.78, 5) is 11.7. The summed E-state index contributed by atoms with van der Waals surface area (Å²) in [5.74, 6) is -0.543. The predicted octanol–water partition coefficient (Wildman–Crippen LogP) is 1.92. The third kappa shape index (κ3) is 7.29. The molecule has 0 aromatic heterocycles. The third-order valence-corrected chi connectivity index (χ3v) is 3.54. The number of aliphatic hydroxyl groups excluding tert-OH is 1. The van der Waals surface area contributed by atoms with Gasteiger partial charge in [-0.2, -0.15) is 11.8 Å². The second-order valence-electron chi connectivity index (χ2n) is 4.59. The Morgan fingerprint density at radius 3 is 2.57 bits per heavy atom. The average molecular weight is 318 g/mol. The summed E-state index contributed by atoms with van der Waals surface area (Å²) in [6.45, 7) is 0.286. The van der Waals surface area contributed by atoms with Crippen molar-refractivity contribution in [1.82, 2.24) is 10.6 Å². The van der Waals surface area contributed by atoms with Crippen LogP contribution in [0.15, 0.2) is 18.2 Å². The SMILES string of the molecule is CSCC(CCO)NC(=O)NCCc1cc(F)cc(F)c1. The Kier molecular flexibility index (Phi) is 8.07. The van der Waals surface area contributed by atoms with Crippen molar-refractivity contribution in [2.75, 3.05) is 25.2 Å². The molecule has 1 rings (SSSR count). The van der Waals surface area contributed by atoms with Crippen molar-refractivity contribution in [2.45, 2.75) is 18.9 Å². The molecule has 7 heteroatoms. The van der Waals surface area contributed by atoms with Crippen LogP contribution in [0.3, 0.4) is 0 Å². The minimum Gasteiger partial charge on any atom is -0.396 e. The van der Waals surface area contributed by atoms with E-state index in [2.05, 4.69) is 10.6 Å². The lowest BCUT2D eigenvalue weighted by atomic mass is 10.1.